The minimum atomic E-state index is -0.133. The number of hydrogen-bond acceptors (Lipinski definition) is 7. The molecule has 4 heterocycles. The summed E-state index contributed by atoms with van der Waals surface area (Å²) in [6, 6.07) is 4.04. The van der Waals surface area contributed by atoms with Gasteiger partial charge in [-0.1, -0.05) is 11.6 Å². The third-order valence-electron chi connectivity index (χ3n) is 7.02. The highest BCUT2D eigenvalue weighted by Gasteiger charge is 2.28. The standard InChI is InChI=1S/C26H35ClN8O/c1-16-11-20-19(13-29-32-20)25(24(16)27)35-8-5-18-22(15-35)31-21(26(36)30-17(2)14-33(3)4)12-23(18)34-9-6-28-7-10-34/h11-13,17,28H,5-10,14-15H2,1-4H3,(H,29,32)(H,30,36). The molecule has 2 aromatic heterocycles. The number of fused-ring (bicyclic) bond motifs is 2. The van der Waals surface area contributed by atoms with E-state index in [-0.39, 0.29) is 11.9 Å². The minimum absolute atomic E-state index is 0.0185. The van der Waals surface area contributed by atoms with E-state index in [4.69, 9.17) is 16.6 Å². The Hall–Kier alpha value is -2.88. The first kappa shape index (κ1) is 24.8. The number of halogens is 1. The molecular formula is C26H35ClN8O. The molecule has 0 bridgehead atoms. The number of likely N-dealkylation sites (N-methyl/N-ethyl adjacent to an activating group) is 1. The maximum absolute atomic E-state index is 13.3. The summed E-state index contributed by atoms with van der Waals surface area (Å²) in [7, 11) is 4.01. The number of carbonyl (C=O) groups is 1. The number of nitrogens with zero attached hydrogens (tertiary/aromatic N) is 5. The molecule has 0 aliphatic carbocycles. The quantitative estimate of drug-likeness (QED) is 0.469. The SMILES string of the molecule is Cc1cc2[nH]ncc2c(N2CCc3c(N4CCNCC4)cc(C(=O)NC(C)CN(C)C)nc3C2)c1Cl. The molecule has 2 aliphatic rings. The number of anilines is 2. The van der Waals surface area contributed by atoms with Crippen molar-refractivity contribution in [3.05, 3.63) is 45.9 Å². The molecule has 0 saturated carbocycles. The van der Waals surface area contributed by atoms with E-state index >= 15 is 0 Å². The molecule has 192 valence electrons. The van der Waals surface area contributed by atoms with Gasteiger partial charge in [-0.05, 0) is 52.1 Å². The van der Waals surface area contributed by atoms with Crippen LogP contribution in [0.1, 0.15) is 34.2 Å². The van der Waals surface area contributed by atoms with Gasteiger partial charge in [0.25, 0.3) is 5.91 Å². The number of aromatic amines is 1. The predicted octanol–water partition coefficient (Wildman–Crippen LogP) is 2.57. The molecule has 2 aliphatic heterocycles. The van der Waals surface area contributed by atoms with E-state index in [1.165, 1.54) is 5.56 Å². The highest BCUT2D eigenvalue weighted by atomic mass is 35.5. The number of benzene rings is 1. The van der Waals surface area contributed by atoms with Gasteiger partial charge < -0.3 is 25.3 Å². The highest BCUT2D eigenvalue weighted by molar-refractivity contribution is 6.35. The normalized spacial score (nSPS) is 16.9. The van der Waals surface area contributed by atoms with Gasteiger partial charge in [-0.2, -0.15) is 5.10 Å². The predicted molar refractivity (Wildman–Crippen MR) is 145 cm³/mol. The van der Waals surface area contributed by atoms with Crippen molar-refractivity contribution in [2.75, 3.05) is 63.2 Å². The van der Waals surface area contributed by atoms with Crippen LogP contribution in [0, 0.1) is 6.92 Å². The first-order valence-corrected chi connectivity index (χ1v) is 13.0. The van der Waals surface area contributed by atoms with Gasteiger partial charge in [0.1, 0.15) is 5.69 Å². The first-order valence-electron chi connectivity index (χ1n) is 12.6. The van der Waals surface area contributed by atoms with Crippen LogP contribution in [0.2, 0.25) is 5.02 Å². The summed E-state index contributed by atoms with van der Waals surface area (Å²) in [5.74, 6) is -0.133. The fourth-order valence-corrected chi connectivity index (χ4v) is 5.67. The Bertz CT molecular complexity index is 1270. The maximum atomic E-state index is 13.3. The number of nitrogens with one attached hydrogen (secondary N) is 3. The van der Waals surface area contributed by atoms with Crippen LogP contribution in [0.5, 0.6) is 0 Å². The lowest BCUT2D eigenvalue weighted by Crippen LogP contribution is -2.45. The van der Waals surface area contributed by atoms with Crippen LogP contribution in [0.3, 0.4) is 0 Å². The van der Waals surface area contributed by atoms with E-state index in [1.807, 2.05) is 46.3 Å². The van der Waals surface area contributed by atoms with E-state index in [0.717, 1.165) is 84.2 Å². The summed E-state index contributed by atoms with van der Waals surface area (Å²) >= 11 is 6.84. The average molecular weight is 511 g/mol. The highest BCUT2D eigenvalue weighted by Crippen LogP contribution is 2.39. The molecular weight excluding hydrogens is 476 g/mol. The second kappa shape index (κ2) is 10.2. The molecule has 1 atom stereocenters. The van der Waals surface area contributed by atoms with Gasteiger partial charge in [-0.25, -0.2) is 4.98 Å². The third-order valence-corrected chi connectivity index (χ3v) is 7.50. The summed E-state index contributed by atoms with van der Waals surface area (Å²) in [4.78, 5) is 24.9. The number of hydrogen-bond donors (Lipinski definition) is 3. The molecule has 1 saturated heterocycles. The lowest BCUT2D eigenvalue weighted by atomic mass is 9.99. The van der Waals surface area contributed by atoms with Crippen molar-refractivity contribution < 1.29 is 4.79 Å². The molecule has 3 aromatic rings. The van der Waals surface area contributed by atoms with Gasteiger partial charge in [0, 0.05) is 61.9 Å². The van der Waals surface area contributed by atoms with Crippen LogP contribution in [-0.2, 0) is 13.0 Å². The van der Waals surface area contributed by atoms with Crippen molar-refractivity contribution >= 4 is 39.8 Å². The molecule has 0 radical (unpaired) electrons. The second-order valence-corrected chi connectivity index (χ2v) is 10.6. The summed E-state index contributed by atoms with van der Waals surface area (Å²) in [6.45, 7) is 9.91. The monoisotopic (exact) mass is 510 g/mol. The fourth-order valence-electron chi connectivity index (χ4n) is 5.39. The Balaban J connectivity index is 1.52. The number of carbonyl (C=O) groups excluding carboxylic acids is 1. The molecule has 5 rings (SSSR count). The van der Waals surface area contributed by atoms with Crippen LogP contribution in [0.4, 0.5) is 11.4 Å². The Morgan fingerprint density at radius 3 is 2.75 bits per heavy atom. The van der Waals surface area contributed by atoms with Crippen LogP contribution >= 0.6 is 11.6 Å². The van der Waals surface area contributed by atoms with E-state index < -0.39 is 0 Å². The van der Waals surface area contributed by atoms with Crippen molar-refractivity contribution in [1.29, 1.82) is 0 Å². The molecule has 10 heteroatoms. The van der Waals surface area contributed by atoms with E-state index in [2.05, 4.69) is 35.5 Å². The lowest BCUT2D eigenvalue weighted by Gasteiger charge is -2.36. The molecule has 1 unspecified atom stereocenters. The van der Waals surface area contributed by atoms with Crippen molar-refractivity contribution in [1.82, 2.24) is 30.7 Å². The number of rotatable bonds is 6. The summed E-state index contributed by atoms with van der Waals surface area (Å²) in [5, 5.41) is 15.6. The number of amides is 1. The summed E-state index contributed by atoms with van der Waals surface area (Å²) in [6.07, 6.45) is 2.67. The number of H-pyrrole nitrogens is 1. The Morgan fingerprint density at radius 1 is 1.22 bits per heavy atom. The fraction of sp³-hybridized carbons (Fsp3) is 0.500. The van der Waals surface area contributed by atoms with Gasteiger partial charge in [0.2, 0.25) is 0 Å². The maximum Gasteiger partial charge on any atom is 0.270 e. The van der Waals surface area contributed by atoms with Crippen molar-refractivity contribution in [2.45, 2.75) is 32.9 Å². The summed E-state index contributed by atoms with van der Waals surface area (Å²) in [5.41, 5.74) is 6.73. The minimum Gasteiger partial charge on any atom is -0.369 e. The number of piperazine rings is 1. The Kier molecular flexibility index (Phi) is 7.05. The number of pyridine rings is 1. The average Bonchev–Trinajstić information content (AvgIpc) is 3.31. The molecule has 3 N–H and O–H groups in total. The summed E-state index contributed by atoms with van der Waals surface area (Å²) < 4.78 is 0. The zero-order chi connectivity index (χ0) is 25.4. The third kappa shape index (κ3) is 4.87. The molecule has 1 aromatic carbocycles. The van der Waals surface area contributed by atoms with Gasteiger partial charge in [-0.15, -0.1) is 0 Å². The topological polar surface area (TPSA) is 92.4 Å². The van der Waals surface area contributed by atoms with Gasteiger partial charge in [-0.3, -0.25) is 9.89 Å². The Labute approximate surface area is 217 Å². The molecule has 36 heavy (non-hydrogen) atoms. The zero-order valence-corrected chi connectivity index (χ0v) is 22.2. The van der Waals surface area contributed by atoms with Crippen molar-refractivity contribution in [3.63, 3.8) is 0 Å². The van der Waals surface area contributed by atoms with Gasteiger partial charge >= 0.3 is 0 Å². The molecule has 1 fully saturated rings. The number of aromatic nitrogens is 3. The van der Waals surface area contributed by atoms with Crippen LogP contribution < -0.4 is 20.4 Å². The molecule has 1 amide bonds. The van der Waals surface area contributed by atoms with Crippen LogP contribution in [-0.4, -0.2) is 85.4 Å². The molecule has 9 nitrogen and oxygen atoms in total. The van der Waals surface area contributed by atoms with Crippen LogP contribution in [0.15, 0.2) is 18.3 Å². The van der Waals surface area contributed by atoms with Crippen molar-refractivity contribution in [2.24, 2.45) is 0 Å². The zero-order valence-electron chi connectivity index (χ0n) is 21.5. The van der Waals surface area contributed by atoms with E-state index in [0.29, 0.717) is 12.2 Å². The smallest absolute Gasteiger partial charge is 0.270 e. The van der Waals surface area contributed by atoms with E-state index in [1.54, 1.807) is 0 Å². The lowest BCUT2D eigenvalue weighted by molar-refractivity contribution is 0.0929. The number of aryl methyl sites for hydroxylation is 1. The second-order valence-electron chi connectivity index (χ2n) is 10.2. The largest absolute Gasteiger partial charge is 0.369 e. The Morgan fingerprint density at radius 2 is 2.00 bits per heavy atom. The molecule has 0 spiro atoms. The van der Waals surface area contributed by atoms with E-state index in [9.17, 15) is 4.79 Å². The van der Waals surface area contributed by atoms with Gasteiger partial charge in [0.15, 0.2) is 0 Å². The first-order chi connectivity index (χ1) is 17.3. The van der Waals surface area contributed by atoms with Gasteiger partial charge in [0.05, 0.1) is 34.7 Å². The van der Waals surface area contributed by atoms with Crippen LogP contribution in [0.25, 0.3) is 10.9 Å². The van der Waals surface area contributed by atoms with Crippen molar-refractivity contribution in [3.8, 4) is 0 Å².